The molecule has 1 aromatic heterocycles. The Morgan fingerprint density at radius 1 is 1.32 bits per heavy atom. The lowest BCUT2D eigenvalue weighted by Crippen LogP contribution is -2.23. The van der Waals surface area contributed by atoms with Gasteiger partial charge in [0.05, 0.1) is 4.90 Å². The number of carbonyl (C=O) groups is 1. The summed E-state index contributed by atoms with van der Waals surface area (Å²) in [6.07, 6.45) is 3.44. The van der Waals surface area contributed by atoms with E-state index in [-0.39, 0.29) is 17.2 Å². The second kappa shape index (κ2) is 5.38. The molecule has 0 saturated heterocycles. The van der Waals surface area contributed by atoms with Crippen LogP contribution in [0, 0.1) is 0 Å². The average Bonchev–Trinajstić information content (AvgIpc) is 2.90. The van der Waals surface area contributed by atoms with Gasteiger partial charge in [-0.25, -0.2) is 13.1 Å². The number of Topliss-reactive ketones (excluding diaryl/α,β-unsaturated/α-hetero) is 1. The first-order valence-corrected chi connectivity index (χ1v) is 7.20. The number of aromatic amines is 1. The van der Waals surface area contributed by atoms with Gasteiger partial charge >= 0.3 is 0 Å². The van der Waals surface area contributed by atoms with Crippen LogP contribution in [0.25, 0.3) is 0 Å². The molecule has 0 aliphatic heterocycles. The van der Waals surface area contributed by atoms with E-state index >= 15 is 0 Å². The lowest BCUT2D eigenvalue weighted by atomic mass is 10.2. The highest BCUT2D eigenvalue weighted by molar-refractivity contribution is 7.89. The molecular weight excluding hydrogens is 264 g/mol. The quantitative estimate of drug-likeness (QED) is 0.817. The van der Waals surface area contributed by atoms with Crippen molar-refractivity contribution in [2.45, 2.75) is 18.4 Å². The molecule has 19 heavy (non-hydrogen) atoms. The predicted octanol–water partition coefficient (Wildman–Crippen LogP) is 1.70. The van der Waals surface area contributed by atoms with E-state index in [1.54, 1.807) is 30.6 Å². The lowest BCUT2D eigenvalue weighted by molar-refractivity contribution is 0.101. The fourth-order valence-electron chi connectivity index (χ4n) is 1.61. The molecule has 5 nitrogen and oxygen atoms in total. The van der Waals surface area contributed by atoms with Gasteiger partial charge in [0.25, 0.3) is 0 Å². The summed E-state index contributed by atoms with van der Waals surface area (Å²) in [5.41, 5.74) is 1.22. The molecule has 0 amide bonds. The molecule has 0 atom stereocenters. The Kier molecular flexibility index (Phi) is 3.82. The van der Waals surface area contributed by atoms with Crippen molar-refractivity contribution in [2.75, 3.05) is 0 Å². The third-order valence-electron chi connectivity index (χ3n) is 2.68. The number of H-pyrrole nitrogens is 1. The van der Waals surface area contributed by atoms with Gasteiger partial charge in [-0.15, -0.1) is 0 Å². The van der Waals surface area contributed by atoms with Gasteiger partial charge in [-0.1, -0.05) is 12.1 Å². The third-order valence-corrected chi connectivity index (χ3v) is 4.08. The van der Waals surface area contributed by atoms with E-state index in [1.165, 1.54) is 19.1 Å². The van der Waals surface area contributed by atoms with Gasteiger partial charge in [-0.2, -0.15) is 0 Å². The van der Waals surface area contributed by atoms with Crippen molar-refractivity contribution in [3.8, 4) is 0 Å². The molecule has 0 spiro atoms. The summed E-state index contributed by atoms with van der Waals surface area (Å²) < 4.78 is 26.6. The number of benzene rings is 1. The molecule has 2 aromatic rings. The number of aromatic nitrogens is 1. The van der Waals surface area contributed by atoms with Crippen LogP contribution < -0.4 is 4.72 Å². The molecule has 0 aliphatic carbocycles. The topological polar surface area (TPSA) is 79.0 Å². The van der Waals surface area contributed by atoms with Crippen LogP contribution in [0.15, 0.2) is 47.6 Å². The average molecular weight is 278 g/mol. The molecule has 100 valence electrons. The summed E-state index contributed by atoms with van der Waals surface area (Å²) in [5.74, 6) is -0.164. The fraction of sp³-hybridized carbons (Fsp3) is 0.154. The van der Waals surface area contributed by atoms with Crippen molar-refractivity contribution >= 4 is 15.8 Å². The molecular formula is C13H14N2O3S. The number of rotatable bonds is 5. The van der Waals surface area contributed by atoms with Gasteiger partial charge in [-0.3, -0.25) is 4.79 Å². The molecule has 1 heterocycles. The van der Waals surface area contributed by atoms with Crippen LogP contribution in [-0.2, 0) is 16.6 Å². The maximum absolute atomic E-state index is 12.1. The lowest BCUT2D eigenvalue weighted by Gasteiger charge is -2.06. The highest BCUT2D eigenvalue weighted by atomic mass is 32.2. The fourth-order valence-corrected chi connectivity index (χ4v) is 2.68. The zero-order valence-corrected chi connectivity index (χ0v) is 11.2. The van der Waals surface area contributed by atoms with Gasteiger partial charge < -0.3 is 4.98 Å². The normalized spacial score (nSPS) is 11.4. The summed E-state index contributed by atoms with van der Waals surface area (Å²) in [6, 6.07) is 7.78. The van der Waals surface area contributed by atoms with Gasteiger partial charge in [0, 0.05) is 24.5 Å². The Morgan fingerprint density at radius 3 is 2.74 bits per heavy atom. The number of nitrogens with one attached hydrogen (secondary N) is 2. The van der Waals surface area contributed by atoms with Crippen LogP contribution in [-0.4, -0.2) is 19.2 Å². The van der Waals surface area contributed by atoms with Crippen molar-refractivity contribution in [3.63, 3.8) is 0 Å². The van der Waals surface area contributed by atoms with Crippen molar-refractivity contribution in [3.05, 3.63) is 53.9 Å². The van der Waals surface area contributed by atoms with E-state index in [4.69, 9.17) is 0 Å². The van der Waals surface area contributed by atoms with Gasteiger partial charge in [-0.05, 0) is 30.7 Å². The standard InChI is InChI=1S/C13H14N2O3S/c1-10(16)12-3-2-4-13(7-12)19(17,18)15-9-11-5-6-14-8-11/h2-8,14-15H,9H2,1H3. The number of ketones is 1. The zero-order valence-electron chi connectivity index (χ0n) is 10.4. The van der Waals surface area contributed by atoms with Crippen LogP contribution in [0.3, 0.4) is 0 Å². The molecule has 0 radical (unpaired) electrons. The molecule has 0 saturated carbocycles. The van der Waals surface area contributed by atoms with Crippen LogP contribution in [0.4, 0.5) is 0 Å². The number of sulfonamides is 1. The molecule has 0 aliphatic rings. The van der Waals surface area contributed by atoms with E-state index < -0.39 is 10.0 Å². The summed E-state index contributed by atoms with van der Waals surface area (Å²) in [5, 5.41) is 0. The van der Waals surface area contributed by atoms with Crippen LogP contribution in [0.1, 0.15) is 22.8 Å². The highest BCUT2D eigenvalue weighted by Crippen LogP contribution is 2.12. The molecule has 0 bridgehead atoms. The predicted molar refractivity (Wildman–Crippen MR) is 71.3 cm³/mol. The molecule has 2 rings (SSSR count). The van der Waals surface area contributed by atoms with Crippen molar-refractivity contribution < 1.29 is 13.2 Å². The van der Waals surface area contributed by atoms with E-state index in [1.807, 2.05) is 0 Å². The Balaban J connectivity index is 2.19. The minimum atomic E-state index is -3.61. The van der Waals surface area contributed by atoms with Gasteiger partial charge in [0.15, 0.2) is 5.78 Å². The molecule has 2 N–H and O–H groups in total. The third kappa shape index (κ3) is 3.30. The number of carbonyl (C=O) groups excluding carboxylic acids is 1. The number of hydrogen-bond acceptors (Lipinski definition) is 3. The van der Waals surface area contributed by atoms with Crippen molar-refractivity contribution in [2.24, 2.45) is 0 Å². The molecule has 6 heteroatoms. The highest BCUT2D eigenvalue weighted by Gasteiger charge is 2.15. The summed E-state index contributed by atoms with van der Waals surface area (Å²) in [6.45, 7) is 1.61. The smallest absolute Gasteiger partial charge is 0.240 e. The van der Waals surface area contributed by atoms with Crippen LogP contribution in [0.2, 0.25) is 0 Å². The Hall–Kier alpha value is -1.92. The maximum Gasteiger partial charge on any atom is 0.240 e. The van der Waals surface area contributed by atoms with Gasteiger partial charge in [0.2, 0.25) is 10.0 Å². The second-order valence-corrected chi connectivity index (χ2v) is 5.89. The molecule has 1 aromatic carbocycles. The zero-order chi connectivity index (χ0) is 13.9. The van der Waals surface area contributed by atoms with Crippen LogP contribution >= 0.6 is 0 Å². The summed E-state index contributed by atoms with van der Waals surface area (Å²) in [7, 11) is -3.61. The molecule has 0 unspecified atom stereocenters. The minimum Gasteiger partial charge on any atom is -0.367 e. The number of hydrogen-bond donors (Lipinski definition) is 2. The van der Waals surface area contributed by atoms with E-state index in [0.717, 1.165) is 5.56 Å². The monoisotopic (exact) mass is 278 g/mol. The van der Waals surface area contributed by atoms with E-state index in [9.17, 15) is 13.2 Å². The first-order valence-electron chi connectivity index (χ1n) is 5.71. The Bertz CT molecular complexity index is 676. The largest absolute Gasteiger partial charge is 0.367 e. The van der Waals surface area contributed by atoms with Crippen LogP contribution in [0.5, 0.6) is 0 Å². The maximum atomic E-state index is 12.1. The van der Waals surface area contributed by atoms with Crippen molar-refractivity contribution in [1.29, 1.82) is 0 Å². The Labute approximate surface area is 111 Å². The van der Waals surface area contributed by atoms with E-state index in [0.29, 0.717) is 5.56 Å². The summed E-state index contributed by atoms with van der Waals surface area (Å²) >= 11 is 0. The van der Waals surface area contributed by atoms with Gasteiger partial charge in [0.1, 0.15) is 0 Å². The van der Waals surface area contributed by atoms with Crippen molar-refractivity contribution in [1.82, 2.24) is 9.71 Å². The summed E-state index contributed by atoms with van der Waals surface area (Å²) in [4.78, 5) is 14.2. The first-order chi connectivity index (χ1) is 8.99. The first kappa shape index (κ1) is 13.5. The Morgan fingerprint density at radius 2 is 2.11 bits per heavy atom. The van der Waals surface area contributed by atoms with E-state index in [2.05, 4.69) is 9.71 Å². The SMILES string of the molecule is CC(=O)c1cccc(S(=O)(=O)NCc2cc[nH]c2)c1. The minimum absolute atomic E-state index is 0.0933. The molecule has 0 fully saturated rings. The second-order valence-electron chi connectivity index (χ2n) is 4.13.